The van der Waals surface area contributed by atoms with Crippen molar-refractivity contribution in [2.45, 2.75) is 25.8 Å². The molecule has 1 amide bonds. The summed E-state index contributed by atoms with van der Waals surface area (Å²) in [5, 5.41) is 9.92. The Labute approximate surface area is 244 Å². The fraction of sp³-hybridized carbons (Fsp3) is 0.161. The van der Waals surface area contributed by atoms with Gasteiger partial charge in [-0.25, -0.2) is 4.79 Å². The molecule has 4 aromatic rings. The first-order valence-electron chi connectivity index (χ1n) is 12.3. The van der Waals surface area contributed by atoms with E-state index in [1.54, 1.807) is 26.2 Å². The predicted octanol–water partition coefficient (Wildman–Crippen LogP) is 8.12. The lowest BCUT2D eigenvalue weighted by atomic mass is 10.0. The van der Waals surface area contributed by atoms with E-state index in [0.29, 0.717) is 31.9 Å². The molecule has 0 fully saturated rings. The first kappa shape index (κ1) is 28.4. The van der Waals surface area contributed by atoms with E-state index < -0.39 is 12.0 Å². The number of carbonyl (C=O) groups is 2. The maximum atomic E-state index is 13.4. The highest BCUT2D eigenvalue weighted by molar-refractivity contribution is 9.11. The highest BCUT2D eigenvalue weighted by Gasteiger charge is 2.30. The zero-order valence-electron chi connectivity index (χ0n) is 21.4. The average Bonchev–Trinajstić information content (AvgIpc) is 2.94. The number of ether oxygens (including phenoxy) is 2. The van der Waals surface area contributed by atoms with Crippen LogP contribution in [0.2, 0.25) is 0 Å². The number of rotatable bonds is 10. The SMILES string of the molecule is CCC(C(=O)O)N(C(=O)Cc1ccccc1)c1cc(Br)c(Oc2ccc(OC)c(-c3ccccc3)c2)c(Br)c1. The van der Waals surface area contributed by atoms with Crippen molar-refractivity contribution in [2.75, 3.05) is 12.0 Å². The van der Waals surface area contributed by atoms with Gasteiger partial charge in [0.2, 0.25) is 5.91 Å². The lowest BCUT2D eigenvalue weighted by Gasteiger charge is -2.29. The monoisotopic (exact) mass is 651 g/mol. The topological polar surface area (TPSA) is 76.1 Å². The molecule has 0 aromatic heterocycles. The summed E-state index contributed by atoms with van der Waals surface area (Å²) in [4.78, 5) is 26.9. The maximum absolute atomic E-state index is 13.4. The predicted molar refractivity (Wildman–Crippen MR) is 160 cm³/mol. The molecular formula is C31H27Br2NO5. The summed E-state index contributed by atoms with van der Waals surface area (Å²) in [5.41, 5.74) is 3.11. The lowest BCUT2D eigenvalue weighted by Crippen LogP contribution is -2.45. The lowest BCUT2D eigenvalue weighted by molar-refractivity contribution is -0.140. The smallest absolute Gasteiger partial charge is 0.326 e. The van der Waals surface area contributed by atoms with Crippen molar-refractivity contribution in [2.24, 2.45) is 0 Å². The second-order valence-corrected chi connectivity index (χ2v) is 10.5. The van der Waals surface area contributed by atoms with Crippen molar-refractivity contribution in [1.82, 2.24) is 0 Å². The van der Waals surface area contributed by atoms with E-state index in [-0.39, 0.29) is 18.7 Å². The third-order valence-corrected chi connectivity index (χ3v) is 7.37. The summed E-state index contributed by atoms with van der Waals surface area (Å²) in [7, 11) is 1.62. The van der Waals surface area contributed by atoms with Crippen LogP contribution >= 0.6 is 31.9 Å². The Morgan fingerprint density at radius 1 is 0.897 bits per heavy atom. The molecule has 0 spiro atoms. The zero-order valence-corrected chi connectivity index (χ0v) is 24.6. The minimum atomic E-state index is -1.07. The largest absolute Gasteiger partial charge is 0.496 e. The van der Waals surface area contributed by atoms with Crippen molar-refractivity contribution in [3.05, 3.63) is 106 Å². The van der Waals surface area contributed by atoms with Gasteiger partial charge in [0, 0.05) is 11.3 Å². The van der Waals surface area contributed by atoms with Gasteiger partial charge in [0.15, 0.2) is 5.75 Å². The minimum Gasteiger partial charge on any atom is -0.496 e. The Hall–Kier alpha value is -3.62. The van der Waals surface area contributed by atoms with Crippen molar-refractivity contribution in [3.63, 3.8) is 0 Å². The second-order valence-electron chi connectivity index (χ2n) is 8.76. The summed E-state index contributed by atoms with van der Waals surface area (Å²) >= 11 is 7.15. The Kier molecular flexibility index (Phi) is 9.43. The van der Waals surface area contributed by atoms with E-state index in [4.69, 9.17) is 9.47 Å². The molecule has 39 heavy (non-hydrogen) atoms. The number of carboxylic acid groups (broad SMARTS) is 1. The van der Waals surface area contributed by atoms with Gasteiger partial charge in [-0.15, -0.1) is 0 Å². The van der Waals surface area contributed by atoms with Crippen LogP contribution in [-0.4, -0.2) is 30.1 Å². The van der Waals surface area contributed by atoms with Crippen LogP contribution in [0.1, 0.15) is 18.9 Å². The molecule has 200 valence electrons. The van der Waals surface area contributed by atoms with Crippen LogP contribution in [0, 0.1) is 0 Å². The molecule has 0 radical (unpaired) electrons. The van der Waals surface area contributed by atoms with Gasteiger partial charge in [-0.1, -0.05) is 67.6 Å². The zero-order chi connectivity index (χ0) is 27.9. The molecule has 0 saturated carbocycles. The standard InChI is InChI=1S/C31H27Br2NO5/c1-3-27(31(36)37)34(29(35)16-20-10-6-4-7-11-20)22-17-25(32)30(26(33)18-22)39-23-14-15-28(38-2)24(19-23)21-12-8-5-9-13-21/h4-15,17-19,27H,3,16H2,1-2H3,(H,36,37). The van der Waals surface area contributed by atoms with Crippen LogP contribution in [0.3, 0.4) is 0 Å². The summed E-state index contributed by atoms with van der Waals surface area (Å²) in [6, 6.07) is 27.1. The van der Waals surface area contributed by atoms with Gasteiger partial charge in [0.25, 0.3) is 0 Å². The number of halogens is 2. The van der Waals surface area contributed by atoms with Crippen molar-refractivity contribution >= 4 is 49.4 Å². The molecule has 0 aliphatic heterocycles. The van der Waals surface area contributed by atoms with Crippen molar-refractivity contribution in [3.8, 4) is 28.4 Å². The molecular weight excluding hydrogens is 626 g/mol. The number of hydrogen-bond acceptors (Lipinski definition) is 4. The number of carbonyl (C=O) groups excluding carboxylic acids is 1. The third kappa shape index (κ3) is 6.69. The van der Waals surface area contributed by atoms with Gasteiger partial charge in [0.1, 0.15) is 17.5 Å². The first-order chi connectivity index (χ1) is 18.8. The highest BCUT2D eigenvalue weighted by Crippen LogP contribution is 2.42. The van der Waals surface area contributed by atoms with Gasteiger partial charge in [0.05, 0.1) is 22.5 Å². The Balaban J connectivity index is 1.69. The number of carboxylic acids is 1. The molecule has 0 heterocycles. The second kappa shape index (κ2) is 13.0. The Bertz CT molecular complexity index is 1440. The molecule has 1 atom stereocenters. The number of hydrogen-bond donors (Lipinski definition) is 1. The van der Waals surface area contributed by atoms with E-state index in [1.165, 1.54) is 4.90 Å². The van der Waals surface area contributed by atoms with Crippen LogP contribution < -0.4 is 14.4 Å². The number of benzene rings is 4. The van der Waals surface area contributed by atoms with Crippen molar-refractivity contribution < 1.29 is 24.2 Å². The quantitative estimate of drug-likeness (QED) is 0.187. The fourth-order valence-corrected chi connectivity index (χ4v) is 5.64. The number of amides is 1. The molecule has 4 rings (SSSR count). The molecule has 1 N–H and O–H groups in total. The minimum absolute atomic E-state index is 0.0756. The molecule has 4 aromatic carbocycles. The normalized spacial score (nSPS) is 11.5. The molecule has 0 saturated heterocycles. The van der Waals surface area contributed by atoms with Gasteiger partial charge in [-0.05, 0) is 79.7 Å². The summed E-state index contributed by atoms with van der Waals surface area (Å²) in [6.45, 7) is 1.75. The summed E-state index contributed by atoms with van der Waals surface area (Å²) in [5.74, 6) is 0.400. The maximum Gasteiger partial charge on any atom is 0.326 e. The fourth-order valence-electron chi connectivity index (χ4n) is 4.32. The third-order valence-electron chi connectivity index (χ3n) is 6.19. The summed E-state index contributed by atoms with van der Waals surface area (Å²) < 4.78 is 12.9. The van der Waals surface area contributed by atoms with Crippen molar-refractivity contribution in [1.29, 1.82) is 0 Å². The van der Waals surface area contributed by atoms with Gasteiger partial charge in [-0.3, -0.25) is 9.69 Å². The summed E-state index contributed by atoms with van der Waals surface area (Å²) in [6.07, 6.45) is 0.323. The van der Waals surface area contributed by atoms with E-state index in [0.717, 1.165) is 16.7 Å². The molecule has 1 unspecified atom stereocenters. The van der Waals surface area contributed by atoms with E-state index in [2.05, 4.69) is 31.9 Å². The molecule has 0 aliphatic rings. The van der Waals surface area contributed by atoms with E-state index >= 15 is 0 Å². The van der Waals surface area contributed by atoms with Crippen LogP contribution in [0.4, 0.5) is 5.69 Å². The van der Waals surface area contributed by atoms with Crippen LogP contribution in [0.25, 0.3) is 11.1 Å². The molecule has 0 aliphatic carbocycles. The van der Waals surface area contributed by atoms with Gasteiger partial charge < -0.3 is 14.6 Å². The molecule has 0 bridgehead atoms. The number of methoxy groups -OCH3 is 1. The Morgan fingerprint density at radius 3 is 2.08 bits per heavy atom. The van der Waals surface area contributed by atoms with Gasteiger partial charge in [-0.2, -0.15) is 0 Å². The average molecular weight is 653 g/mol. The first-order valence-corrected chi connectivity index (χ1v) is 13.9. The number of anilines is 1. The van der Waals surface area contributed by atoms with E-state index in [1.807, 2.05) is 78.9 Å². The number of aliphatic carboxylic acids is 1. The van der Waals surface area contributed by atoms with Gasteiger partial charge >= 0.3 is 5.97 Å². The molecule has 8 heteroatoms. The number of nitrogens with zero attached hydrogens (tertiary/aromatic N) is 1. The molecule has 6 nitrogen and oxygen atoms in total. The Morgan fingerprint density at radius 2 is 1.51 bits per heavy atom. The van der Waals surface area contributed by atoms with Crippen LogP contribution in [0.15, 0.2) is 99.9 Å². The van der Waals surface area contributed by atoms with Crippen LogP contribution in [-0.2, 0) is 16.0 Å². The van der Waals surface area contributed by atoms with Crippen LogP contribution in [0.5, 0.6) is 17.2 Å². The van der Waals surface area contributed by atoms with E-state index in [9.17, 15) is 14.7 Å². The highest BCUT2D eigenvalue weighted by atomic mass is 79.9.